The van der Waals surface area contributed by atoms with E-state index in [0.29, 0.717) is 6.42 Å². The molecular weight excluding hydrogens is 635 g/mol. The molecule has 0 radical (unpaired) electrons. The molecule has 0 amide bonds. The van der Waals surface area contributed by atoms with Crippen molar-refractivity contribution < 1.29 is 14.6 Å². The van der Waals surface area contributed by atoms with Gasteiger partial charge in [-0.3, -0.25) is 4.79 Å². The lowest BCUT2D eigenvalue weighted by Crippen LogP contribution is -2.32. The van der Waals surface area contributed by atoms with Gasteiger partial charge in [0.2, 0.25) is 0 Å². The van der Waals surface area contributed by atoms with Gasteiger partial charge in [-0.1, -0.05) is 0 Å². The number of hydrogen-bond donors (Lipinski definition) is 2. The van der Waals surface area contributed by atoms with E-state index in [2.05, 4.69) is 73.8 Å². The predicted molar refractivity (Wildman–Crippen MR) is 115 cm³/mol. The molecule has 0 spiro atoms. The van der Waals surface area contributed by atoms with Crippen molar-refractivity contribution in [3.63, 3.8) is 0 Å². The summed E-state index contributed by atoms with van der Waals surface area (Å²) >= 11 is 6.66. The number of hydrogen-bond acceptors (Lipinski definition) is 3. The fraction of sp³-hybridized carbons (Fsp3) is 0.188. The molecule has 7 heteroatoms. The van der Waals surface area contributed by atoms with Gasteiger partial charge in [0.25, 0.3) is 0 Å². The molecule has 4 nitrogen and oxygen atoms in total. The fourth-order valence-corrected chi connectivity index (χ4v) is 4.96. The Morgan fingerprint density at radius 3 is 2.30 bits per heavy atom. The highest BCUT2D eigenvalue weighted by Gasteiger charge is 2.16. The summed E-state index contributed by atoms with van der Waals surface area (Å²) in [6.07, 6.45) is 0.296. The smallest absolute Gasteiger partial charge is 0.320 e. The average Bonchev–Trinajstić information content (AvgIpc) is 2.41. The molecule has 1 atom stereocenters. The van der Waals surface area contributed by atoms with Crippen molar-refractivity contribution in [1.82, 2.24) is 0 Å². The Morgan fingerprint density at radius 1 is 1.17 bits per heavy atom. The molecule has 2 rings (SSSR count). The molecule has 122 valence electrons. The third-order valence-corrected chi connectivity index (χ3v) is 5.29. The minimum atomic E-state index is -0.996. The molecule has 2 aromatic rings. The second kappa shape index (κ2) is 8.30. The van der Waals surface area contributed by atoms with E-state index in [9.17, 15) is 4.79 Å². The Bertz CT molecular complexity index is 706. The molecule has 1 unspecified atom stereocenters. The first-order valence-corrected chi connectivity index (χ1v) is 9.91. The van der Waals surface area contributed by atoms with E-state index in [-0.39, 0.29) is 0 Å². The van der Waals surface area contributed by atoms with Crippen LogP contribution in [0.1, 0.15) is 11.1 Å². The number of ether oxygens (including phenoxy) is 1. The maximum atomic E-state index is 10.9. The summed E-state index contributed by atoms with van der Waals surface area (Å²) in [5.41, 5.74) is 7.64. The number of carboxylic acid groups (broad SMARTS) is 1. The summed E-state index contributed by atoms with van der Waals surface area (Å²) in [7, 11) is 0. The van der Waals surface area contributed by atoms with Gasteiger partial charge >= 0.3 is 5.97 Å². The van der Waals surface area contributed by atoms with Gasteiger partial charge < -0.3 is 15.6 Å². The van der Waals surface area contributed by atoms with Gasteiger partial charge in [-0.05, 0) is 123 Å². The summed E-state index contributed by atoms with van der Waals surface area (Å²) in [5.74, 6) is 0.574. The molecule has 0 aliphatic rings. The summed E-state index contributed by atoms with van der Waals surface area (Å²) in [5, 5.41) is 8.93. The first kappa shape index (κ1) is 19.2. The Labute approximate surface area is 175 Å². The number of halogens is 3. The first-order chi connectivity index (χ1) is 10.8. The van der Waals surface area contributed by atoms with E-state index in [1.54, 1.807) is 0 Å². The molecule has 0 saturated heterocycles. The number of rotatable bonds is 5. The predicted octanol–water partition coefficient (Wildman–Crippen LogP) is 4.56. The zero-order chi connectivity index (χ0) is 17.1. The van der Waals surface area contributed by atoms with Gasteiger partial charge in [-0.2, -0.15) is 0 Å². The van der Waals surface area contributed by atoms with Crippen molar-refractivity contribution in [2.75, 3.05) is 0 Å². The molecule has 23 heavy (non-hydrogen) atoms. The number of nitrogens with two attached hydrogens (primary N) is 1. The maximum absolute atomic E-state index is 10.9. The van der Waals surface area contributed by atoms with Crippen LogP contribution in [0.4, 0.5) is 0 Å². The van der Waals surface area contributed by atoms with Crippen LogP contribution in [0, 0.1) is 17.6 Å². The van der Waals surface area contributed by atoms with Crippen LogP contribution in [-0.4, -0.2) is 17.1 Å². The highest BCUT2D eigenvalue weighted by molar-refractivity contribution is 14.1. The third kappa shape index (κ3) is 5.43. The molecule has 0 aliphatic carbocycles. The topological polar surface area (TPSA) is 72.5 Å². The van der Waals surface area contributed by atoms with Crippen LogP contribution >= 0.6 is 67.8 Å². The van der Waals surface area contributed by atoms with Crippen LogP contribution in [0.25, 0.3) is 0 Å². The van der Waals surface area contributed by atoms with E-state index < -0.39 is 12.0 Å². The molecule has 0 saturated carbocycles. The van der Waals surface area contributed by atoms with E-state index in [4.69, 9.17) is 15.6 Å². The Hall–Kier alpha value is -0.140. The van der Waals surface area contributed by atoms with Gasteiger partial charge in [0.1, 0.15) is 11.8 Å². The Kier molecular flexibility index (Phi) is 6.92. The summed E-state index contributed by atoms with van der Waals surface area (Å²) in [6.45, 7) is 2.03. The van der Waals surface area contributed by atoms with E-state index in [1.807, 2.05) is 31.2 Å². The molecule has 3 N–H and O–H groups in total. The van der Waals surface area contributed by atoms with Crippen LogP contribution in [0.15, 0.2) is 30.3 Å². The minimum Gasteiger partial charge on any atom is -0.480 e. The monoisotopic (exact) mass is 649 g/mol. The molecule has 0 fully saturated rings. The first-order valence-electron chi connectivity index (χ1n) is 6.67. The van der Waals surface area contributed by atoms with Gasteiger partial charge in [0, 0.05) is 3.57 Å². The molecule has 0 bridgehead atoms. The number of carboxylic acids is 1. The van der Waals surface area contributed by atoms with Crippen molar-refractivity contribution >= 4 is 73.7 Å². The van der Waals surface area contributed by atoms with Crippen molar-refractivity contribution in [1.29, 1.82) is 0 Å². The zero-order valence-corrected chi connectivity index (χ0v) is 18.6. The highest BCUT2D eigenvalue weighted by atomic mass is 127. The third-order valence-electron chi connectivity index (χ3n) is 3.07. The molecule has 0 aromatic heterocycles. The second-order valence-corrected chi connectivity index (χ2v) is 8.67. The lowest BCUT2D eigenvalue weighted by Gasteiger charge is -2.14. The van der Waals surface area contributed by atoms with Crippen LogP contribution < -0.4 is 10.5 Å². The normalized spacial score (nSPS) is 12.0. The molecular formula is C16H14I3NO3. The second-order valence-electron chi connectivity index (χ2n) is 5.10. The summed E-state index contributed by atoms with van der Waals surface area (Å²) in [6, 6.07) is 8.99. The minimum absolute atomic E-state index is 0.296. The maximum Gasteiger partial charge on any atom is 0.320 e. The van der Waals surface area contributed by atoms with Crippen molar-refractivity contribution in [2.24, 2.45) is 5.73 Å². The van der Waals surface area contributed by atoms with E-state index in [1.165, 1.54) is 0 Å². The largest absolute Gasteiger partial charge is 0.480 e. The Morgan fingerprint density at radius 2 is 1.78 bits per heavy atom. The van der Waals surface area contributed by atoms with E-state index in [0.717, 1.165) is 33.3 Å². The molecule has 0 heterocycles. The van der Waals surface area contributed by atoms with Crippen LogP contribution in [-0.2, 0) is 11.2 Å². The number of aryl methyl sites for hydroxylation is 1. The fourth-order valence-electron chi connectivity index (χ4n) is 2.05. The van der Waals surface area contributed by atoms with Crippen molar-refractivity contribution in [3.8, 4) is 11.5 Å². The lowest BCUT2D eigenvalue weighted by atomic mass is 10.1. The van der Waals surface area contributed by atoms with Crippen LogP contribution in [0.5, 0.6) is 11.5 Å². The van der Waals surface area contributed by atoms with Gasteiger partial charge in [0.15, 0.2) is 5.75 Å². The van der Waals surface area contributed by atoms with Crippen LogP contribution in [0.2, 0.25) is 0 Å². The quantitative estimate of drug-likeness (QED) is 0.467. The highest BCUT2D eigenvalue weighted by Crippen LogP contribution is 2.34. The van der Waals surface area contributed by atoms with Gasteiger partial charge in [-0.25, -0.2) is 0 Å². The lowest BCUT2D eigenvalue weighted by molar-refractivity contribution is -0.138. The van der Waals surface area contributed by atoms with E-state index >= 15 is 0 Å². The van der Waals surface area contributed by atoms with Gasteiger partial charge in [-0.15, -0.1) is 0 Å². The summed E-state index contributed by atoms with van der Waals surface area (Å²) < 4.78 is 9.02. The molecule has 0 aliphatic heterocycles. The zero-order valence-electron chi connectivity index (χ0n) is 12.1. The Balaban J connectivity index is 2.28. The number of carbonyl (C=O) groups is 1. The summed E-state index contributed by atoms with van der Waals surface area (Å²) in [4.78, 5) is 10.9. The molecule has 2 aromatic carbocycles. The van der Waals surface area contributed by atoms with Crippen molar-refractivity contribution in [2.45, 2.75) is 19.4 Å². The number of benzene rings is 2. The SMILES string of the molecule is Cc1cc(I)cc(Oc2c(I)cc(CC(N)C(=O)O)cc2I)c1. The number of aliphatic carboxylic acids is 1. The van der Waals surface area contributed by atoms with Crippen LogP contribution in [0.3, 0.4) is 0 Å². The van der Waals surface area contributed by atoms with Gasteiger partial charge in [0.05, 0.1) is 7.14 Å². The standard InChI is InChI=1S/C16H14I3NO3/c1-8-2-10(17)7-11(3-8)23-15-12(18)4-9(5-13(15)19)6-14(20)16(21)22/h2-5,7,14H,6,20H2,1H3,(H,21,22). The van der Waals surface area contributed by atoms with Crippen molar-refractivity contribution in [3.05, 3.63) is 52.2 Å². The average molecular weight is 649 g/mol.